The maximum Gasteiger partial charge on any atom is 0.337 e. The second kappa shape index (κ2) is 6.81. The molecule has 1 aromatic carbocycles. The molecule has 128 valence electrons. The third-order valence-corrected chi connectivity index (χ3v) is 3.91. The monoisotopic (exact) mass is 356 g/mol. The summed E-state index contributed by atoms with van der Waals surface area (Å²) >= 11 is 5.19. The number of nitrogens with one attached hydrogen (secondary N) is 1. The average Bonchev–Trinajstić information content (AvgIpc) is 2.61. The van der Waals surface area contributed by atoms with E-state index >= 15 is 0 Å². The lowest BCUT2D eigenvalue weighted by molar-refractivity contribution is 0.0601. The summed E-state index contributed by atoms with van der Waals surface area (Å²) < 4.78 is 5.01. The van der Waals surface area contributed by atoms with Crippen molar-refractivity contribution in [3.8, 4) is 0 Å². The van der Waals surface area contributed by atoms with Gasteiger partial charge in [0.2, 0.25) is 5.95 Å². The zero-order valence-corrected chi connectivity index (χ0v) is 14.5. The predicted octanol–water partition coefficient (Wildman–Crippen LogP) is 2.09. The molecule has 0 unspecified atom stereocenters. The van der Waals surface area contributed by atoms with Crippen molar-refractivity contribution < 1.29 is 9.53 Å². The summed E-state index contributed by atoms with van der Waals surface area (Å²) in [6, 6.07) is 7.12. The number of carbonyl (C=O) groups is 1. The van der Waals surface area contributed by atoms with E-state index in [1.165, 1.54) is 7.11 Å². The highest BCUT2D eigenvalue weighted by molar-refractivity contribution is 7.71. The highest BCUT2D eigenvalue weighted by Crippen LogP contribution is 2.17. The van der Waals surface area contributed by atoms with Crippen LogP contribution in [0.25, 0.3) is 11.2 Å². The lowest BCUT2D eigenvalue weighted by atomic mass is 10.2. The molecule has 0 aliphatic carbocycles. The molecule has 9 heteroatoms. The number of H-pyrrole nitrogens is 1. The van der Waals surface area contributed by atoms with Crippen molar-refractivity contribution in [2.24, 2.45) is 0 Å². The highest BCUT2D eigenvalue weighted by atomic mass is 32.1. The molecule has 3 aromatic rings. The van der Waals surface area contributed by atoms with Crippen LogP contribution in [0.5, 0.6) is 0 Å². The molecule has 0 bridgehead atoms. The Labute approximate surface area is 148 Å². The smallest absolute Gasteiger partial charge is 0.337 e. The van der Waals surface area contributed by atoms with Gasteiger partial charge in [0.1, 0.15) is 5.52 Å². The van der Waals surface area contributed by atoms with Crippen molar-refractivity contribution in [3.05, 3.63) is 46.4 Å². The predicted molar refractivity (Wildman–Crippen MR) is 96.8 cm³/mol. The molecule has 0 amide bonds. The minimum atomic E-state index is -0.365. The number of hydrogen-bond acceptors (Lipinski definition) is 8. The minimum Gasteiger partial charge on any atom is -0.465 e. The van der Waals surface area contributed by atoms with Crippen molar-refractivity contribution in [3.63, 3.8) is 0 Å². The number of benzene rings is 1. The molecule has 3 N–H and O–H groups in total. The first-order chi connectivity index (χ1) is 12.0. The molecule has 0 saturated carbocycles. The van der Waals surface area contributed by atoms with Gasteiger partial charge < -0.3 is 20.4 Å². The third kappa shape index (κ3) is 3.56. The second-order valence-electron chi connectivity index (χ2n) is 5.38. The van der Waals surface area contributed by atoms with Crippen LogP contribution < -0.4 is 10.6 Å². The van der Waals surface area contributed by atoms with Crippen LogP contribution in [0.15, 0.2) is 30.5 Å². The van der Waals surface area contributed by atoms with Gasteiger partial charge in [-0.05, 0) is 24.3 Å². The standard InChI is InChI=1S/C16H16N6O2S/c1-22(11-5-3-9(4-6-11)15(23)24-2)8-10-7-18-13-12(19-10)14(25)21-16(17)20-13/h3-7H,8H2,1-2H3,(H3,17,18,20,21,25). The van der Waals surface area contributed by atoms with Crippen molar-refractivity contribution in [1.29, 1.82) is 0 Å². The summed E-state index contributed by atoms with van der Waals surface area (Å²) in [6.45, 7) is 0.514. The molecular weight excluding hydrogens is 340 g/mol. The van der Waals surface area contributed by atoms with Crippen molar-refractivity contribution >= 4 is 41.0 Å². The number of rotatable bonds is 4. The molecule has 0 aliphatic heterocycles. The van der Waals surface area contributed by atoms with E-state index in [2.05, 4.69) is 19.9 Å². The second-order valence-corrected chi connectivity index (χ2v) is 5.77. The number of nitrogens with two attached hydrogens (primary N) is 1. The lowest BCUT2D eigenvalue weighted by Crippen LogP contribution is -2.17. The lowest BCUT2D eigenvalue weighted by Gasteiger charge is -2.19. The Hall–Kier alpha value is -3.07. The third-order valence-electron chi connectivity index (χ3n) is 3.62. The van der Waals surface area contributed by atoms with E-state index < -0.39 is 0 Å². The number of nitrogen functional groups attached to an aromatic ring is 1. The Balaban J connectivity index is 1.83. The fourth-order valence-corrected chi connectivity index (χ4v) is 2.60. The van der Waals surface area contributed by atoms with Gasteiger partial charge in [0.25, 0.3) is 0 Å². The Morgan fingerprint density at radius 2 is 2.04 bits per heavy atom. The first-order valence-electron chi connectivity index (χ1n) is 7.39. The van der Waals surface area contributed by atoms with Gasteiger partial charge in [-0.3, -0.25) is 0 Å². The van der Waals surface area contributed by atoms with Crippen LogP contribution in [0.3, 0.4) is 0 Å². The largest absolute Gasteiger partial charge is 0.465 e. The summed E-state index contributed by atoms with van der Waals surface area (Å²) in [5.41, 5.74) is 8.80. The number of esters is 1. The zero-order valence-electron chi connectivity index (χ0n) is 13.7. The molecule has 8 nitrogen and oxygen atoms in total. The number of ether oxygens (including phenoxy) is 1. The number of nitrogens with zero attached hydrogens (tertiary/aromatic N) is 4. The van der Waals surface area contributed by atoms with Gasteiger partial charge in [-0.25, -0.2) is 19.7 Å². The topological polar surface area (TPSA) is 110 Å². The molecule has 2 aromatic heterocycles. The van der Waals surface area contributed by atoms with Gasteiger partial charge in [0, 0.05) is 12.7 Å². The number of aromatic nitrogens is 4. The maximum atomic E-state index is 11.5. The van der Waals surface area contributed by atoms with Gasteiger partial charge >= 0.3 is 5.97 Å². The first-order valence-corrected chi connectivity index (χ1v) is 7.79. The van der Waals surface area contributed by atoms with Crippen molar-refractivity contribution in [2.45, 2.75) is 6.54 Å². The Kier molecular flexibility index (Phi) is 4.57. The van der Waals surface area contributed by atoms with Crippen LogP contribution in [-0.2, 0) is 11.3 Å². The fraction of sp³-hybridized carbons (Fsp3) is 0.188. The molecule has 0 spiro atoms. The summed E-state index contributed by atoms with van der Waals surface area (Å²) in [4.78, 5) is 29.1. The first kappa shape index (κ1) is 16.8. The van der Waals surface area contributed by atoms with Crippen LogP contribution in [-0.4, -0.2) is 40.1 Å². The Morgan fingerprint density at radius 3 is 2.72 bits per heavy atom. The maximum absolute atomic E-state index is 11.5. The number of fused-ring (bicyclic) bond motifs is 1. The van der Waals surface area contributed by atoms with Gasteiger partial charge in [-0.15, -0.1) is 0 Å². The van der Waals surface area contributed by atoms with Crippen LogP contribution in [0.4, 0.5) is 11.6 Å². The summed E-state index contributed by atoms with van der Waals surface area (Å²) in [7, 11) is 3.27. The number of carbonyl (C=O) groups excluding carboxylic acids is 1. The van der Waals surface area contributed by atoms with Crippen LogP contribution >= 0.6 is 12.2 Å². The summed E-state index contributed by atoms with van der Waals surface area (Å²) in [6.07, 6.45) is 1.66. The van der Waals surface area contributed by atoms with E-state index in [-0.39, 0.29) is 11.9 Å². The molecule has 0 atom stereocenters. The number of anilines is 2. The van der Waals surface area contributed by atoms with E-state index in [1.807, 2.05) is 24.1 Å². The van der Waals surface area contributed by atoms with Gasteiger partial charge in [-0.2, -0.15) is 0 Å². The van der Waals surface area contributed by atoms with Crippen LogP contribution in [0.1, 0.15) is 16.1 Å². The van der Waals surface area contributed by atoms with E-state index in [0.717, 1.165) is 11.4 Å². The molecule has 0 aliphatic rings. The molecule has 0 radical (unpaired) electrons. The van der Waals surface area contributed by atoms with Gasteiger partial charge in [0.05, 0.1) is 31.1 Å². The fourth-order valence-electron chi connectivity index (χ4n) is 2.36. The van der Waals surface area contributed by atoms with Gasteiger partial charge in [0.15, 0.2) is 10.3 Å². The normalized spacial score (nSPS) is 10.6. The van der Waals surface area contributed by atoms with E-state index in [0.29, 0.717) is 27.9 Å². The quantitative estimate of drug-likeness (QED) is 0.540. The van der Waals surface area contributed by atoms with E-state index in [1.54, 1.807) is 18.3 Å². The van der Waals surface area contributed by atoms with E-state index in [9.17, 15) is 4.79 Å². The minimum absolute atomic E-state index is 0.211. The number of aromatic amines is 1. The molecule has 3 rings (SSSR count). The number of methoxy groups -OCH3 is 1. The van der Waals surface area contributed by atoms with E-state index in [4.69, 9.17) is 22.7 Å². The summed E-state index contributed by atoms with van der Waals surface area (Å²) in [5.74, 6) is -0.155. The number of hydrogen-bond donors (Lipinski definition) is 2. The molecular formula is C16H16N6O2S. The average molecular weight is 356 g/mol. The molecule has 25 heavy (non-hydrogen) atoms. The van der Waals surface area contributed by atoms with Crippen LogP contribution in [0.2, 0.25) is 0 Å². The summed E-state index contributed by atoms with van der Waals surface area (Å²) in [5, 5.41) is 0. The Bertz CT molecular complexity index is 986. The van der Waals surface area contributed by atoms with Crippen molar-refractivity contribution in [2.75, 3.05) is 24.8 Å². The zero-order chi connectivity index (χ0) is 18.0. The SMILES string of the molecule is COC(=O)c1ccc(N(C)Cc2cnc3[nH]c(N)nc(=S)c3n2)cc1. The molecule has 2 heterocycles. The molecule has 0 saturated heterocycles. The Morgan fingerprint density at radius 1 is 1.32 bits per heavy atom. The van der Waals surface area contributed by atoms with Crippen molar-refractivity contribution in [1.82, 2.24) is 19.9 Å². The van der Waals surface area contributed by atoms with Crippen LogP contribution in [0, 0.1) is 4.64 Å². The van der Waals surface area contributed by atoms with Gasteiger partial charge in [-0.1, -0.05) is 12.2 Å². The molecule has 0 fully saturated rings. The highest BCUT2D eigenvalue weighted by Gasteiger charge is 2.09.